The Morgan fingerprint density at radius 1 is 1.46 bits per heavy atom. The maximum Gasteiger partial charge on any atom is 0.242 e. The monoisotopic (exact) mass is 264 g/mol. The minimum atomic E-state index is -3.39. The fraction of sp³-hybridized carbons (Fsp3) is 0.286. The zero-order valence-corrected chi connectivity index (χ0v) is 9.61. The fourth-order valence-electron chi connectivity index (χ4n) is 0.863. The molecule has 0 aliphatic heterocycles. The van der Waals surface area contributed by atoms with E-state index in [4.69, 9.17) is 0 Å². The van der Waals surface area contributed by atoms with Gasteiger partial charge in [0.25, 0.3) is 0 Å². The van der Waals surface area contributed by atoms with Crippen molar-refractivity contribution in [2.24, 2.45) is 0 Å². The van der Waals surface area contributed by atoms with E-state index >= 15 is 0 Å². The predicted octanol–water partition coefficient (Wildman–Crippen LogP) is 1.06. The van der Waals surface area contributed by atoms with Crippen LogP contribution in [0.25, 0.3) is 0 Å². The van der Waals surface area contributed by atoms with Crippen molar-refractivity contribution in [2.45, 2.75) is 11.8 Å². The molecule has 0 amide bonds. The lowest BCUT2D eigenvalue weighted by Crippen LogP contribution is -2.19. The third-order valence-corrected chi connectivity index (χ3v) is 3.99. The summed E-state index contributed by atoms with van der Waals surface area (Å²) in [6, 6.07) is 0. The highest BCUT2D eigenvalue weighted by molar-refractivity contribution is 9.10. The van der Waals surface area contributed by atoms with Crippen molar-refractivity contribution in [3.8, 4) is 0 Å². The van der Waals surface area contributed by atoms with Gasteiger partial charge in [0.15, 0.2) is 0 Å². The highest BCUT2D eigenvalue weighted by atomic mass is 79.9. The molecule has 72 valence electrons. The van der Waals surface area contributed by atoms with Crippen LogP contribution in [0, 0.1) is 6.92 Å². The molecule has 0 spiro atoms. The van der Waals surface area contributed by atoms with Crippen molar-refractivity contribution in [3.63, 3.8) is 0 Å². The second-order valence-electron chi connectivity index (χ2n) is 2.45. The van der Waals surface area contributed by atoms with Crippen molar-refractivity contribution in [3.05, 3.63) is 22.4 Å². The summed E-state index contributed by atoms with van der Waals surface area (Å²) in [5, 5.41) is 0. The SMILES string of the molecule is CNS(=O)(=O)c1cncc(Br)c1C. The number of halogens is 1. The molecular formula is C7H9BrN2O2S. The van der Waals surface area contributed by atoms with Gasteiger partial charge in [-0.15, -0.1) is 0 Å². The van der Waals surface area contributed by atoms with Gasteiger partial charge in [-0.25, -0.2) is 13.1 Å². The molecule has 0 unspecified atom stereocenters. The summed E-state index contributed by atoms with van der Waals surface area (Å²) < 4.78 is 25.7. The third-order valence-electron chi connectivity index (χ3n) is 1.67. The minimum absolute atomic E-state index is 0.198. The topological polar surface area (TPSA) is 59.1 Å². The number of rotatable bonds is 2. The average Bonchev–Trinajstić information content (AvgIpc) is 2.09. The predicted molar refractivity (Wildman–Crippen MR) is 52.9 cm³/mol. The summed E-state index contributed by atoms with van der Waals surface area (Å²) in [7, 11) is -2.02. The molecule has 0 radical (unpaired) electrons. The quantitative estimate of drug-likeness (QED) is 0.869. The van der Waals surface area contributed by atoms with E-state index in [9.17, 15) is 8.42 Å². The Morgan fingerprint density at radius 3 is 2.62 bits per heavy atom. The van der Waals surface area contributed by atoms with Crippen LogP contribution in [0.15, 0.2) is 21.8 Å². The van der Waals surface area contributed by atoms with E-state index in [-0.39, 0.29) is 4.90 Å². The summed E-state index contributed by atoms with van der Waals surface area (Å²) in [4.78, 5) is 3.99. The Labute approximate surface area is 85.6 Å². The first kappa shape index (κ1) is 10.6. The normalized spacial score (nSPS) is 11.6. The smallest absolute Gasteiger partial charge is 0.242 e. The molecule has 1 rings (SSSR count). The largest absolute Gasteiger partial charge is 0.262 e. The summed E-state index contributed by atoms with van der Waals surface area (Å²) in [6.07, 6.45) is 2.88. The molecule has 1 aromatic rings. The molecule has 0 bridgehead atoms. The standard InChI is InChI=1S/C7H9BrN2O2S/c1-5-6(8)3-10-4-7(5)13(11,12)9-2/h3-4,9H,1-2H3. The average molecular weight is 265 g/mol. The highest BCUT2D eigenvalue weighted by Gasteiger charge is 2.15. The number of aromatic nitrogens is 1. The zero-order valence-electron chi connectivity index (χ0n) is 7.20. The van der Waals surface area contributed by atoms with E-state index in [1.54, 1.807) is 13.1 Å². The van der Waals surface area contributed by atoms with Crippen molar-refractivity contribution in [1.29, 1.82) is 0 Å². The molecule has 1 heterocycles. The van der Waals surface area contributed by atoms with Crippen LogP contribution in [0.4, 0.5) is 0 Å². The van der Waals surface area contributed by atoms with Crippen LogP contribution in [0.3, 0.4) is 0 Å². The van der Waals surface area contributed by atoms with Gasteiger partial charge in [0, 0.05) is 16.9 Å². The lowest BCUT2D eigenvalue weighted by Gasteiger charge is -2.06. The fourth-order valence-corrected chi connectivity index (χ4v) is 2.26. The van der Waals surface area contributed by atoms with E-state index in [2.05, 4.69) is 25.6 Å². The Balaban J connectivity index is 3.40. The van der Waals surface area contributed by atoms with Crippen LogP contribution >= 0.6 is 15.9 Å². The molecule has 13 heavy (non-hydrogen) atoms. The first-order valence-corrected chi connectivity index (χ1v) is 5.80. The molecule has 6 heteroatoms. The summed E-state index contributed by atoms with van der Waals surface area (Å²) >= 11 is 3.21. The summed E-state index contributed by atoms with van der Waals surface area (Å²) in [6.45, 7) is 1.72. The molecule has 0 saturated carbocycles. The number of nitrogens with one attached hydrogen (secondary N) is 1. The Bertz CT molecular complexity index is 417. The number of nitrogens with zero attached hydrogens (tertiary/aromatic N) is 1. The van der Waals surface area contributed by atoms with Gasteiger partial charge < -0.3 is 0 Å². The van der Waals surface area contributed by atoms with Crippen LogP contribution in [0.1, 0.15) is 5.56 Å². The van der Waals surface area contributed by atoms with Crippen molar-refractivity contribution >= 4 is 26.0 Å². The third kappa shape index (κ3) is 2.07. The summed E-state index contributed by atoms with van der Waals surface area (Å²) in [5.74, 6) is 0. The second kappa shape index (κ2) is 3.73. The van der Waals surface area contributed by atoms with Crippen molar-refractivity contribution in [1.82, 2.24) is 9.71 Å². The second-order valence-corrected chi connectivity index (χ2v) is 5.16. The molecule has 1 N–H and O–H groups in total. The van der Waals surface area contributed by atoms with Gasteiger partial charge in [0.2, 0.25) is 10.0 Å². The zero-order chi connectivity index (χ0) is 10.1. The molecule has 4 nitrogen and oxygen atoms in total. The van der Waals surface area contributed by atoms with E-state index < -0.39 is 10.0 Å². The van der Waals surface area contributed by atoms with E-state index in [0.29, 0.717) is 10.0 Å². The Kier molecular flexibility index (Phi) is 3.05. The number of pyridine rings is 1. The number of hydrogen-bond acceptors (Lipinski definition) is 3. The van der Waals surface area contributed by atoms with Gasteiger partial charge in [0.05, 0.1) is 0 Å². The molecule has 0 saturated heterocycles. The van der Waals surface area contributed by atoms with Crippen LogP contribution in [-0.4, -0.2) is 20.4 Å². The number of hydrogen-bond donors (Lipinski definition) is 1. The lowest BCUT2D eigenvalue weighted by atomic mass is 10.3. The maximum atomic E-state index is 11.4. The van der Waals surface area contributed by atoms with Crippen LogP contribution in [-0.2, 0) is 10.0 Å². The summed E-state index contributed by atoms with van der Waals surface area (Å²) in [5.41, 5.74) is 0.657. The van der Waals surface area contributed by atoms with Gasteiger partial charge in [-0.05, 0) is 35.5 Å². The van der Waals surface area contributed by atoms with E-state index in [1.165, 1.54) is 13.2 Å². The minimum Gasteiger partial charge on any atom is -0.262 e. The molecule has 1 aromatic heterocycles. The van der Waals surface area contributed by atoms with Crippen LogP contribution in [0.5, 0.6) is 0 Å². The van der Waals surface area contributed by atoms with Crippen LogP contribution in [0.2, 0.25) is 0 Å². The van der Waals surface area contributed by atoms with Gasteiger partial charge in [-0.3, -0.25) is 4.98 Å². The first-order valence-electron chi connectivity index (χ1n) is 3.52. The van der Waals surface area contributed by atoms with Crippen molar-refractivity contribution < 1.29 is 8.42 Å². The highest BCUT2D eigenvalue weighted by Crippen LogP contribution is 2.21. The lowest BCUT2D eigenvalue weighted by molar-refractivity contribution is 0.587. The van der Waals surface area contributed by atoms with E-state index in [0.717, 1.165) is 0 Å². The molecular weight excluding hydrogens is 256 g/mol. The molecule has 0 fully saturated rings. The van der Waals surface area contributed by atoms with Crippen molar-refractivity contribution in [2.75, 3.05) is 7.05 Å². The first-order chi connectivity index (χ1) is 5.99. The molecule has 0 atom stereocenters. The molecule has 0 aliphatic carbocycles. The van der Waals surface area contributed by atoms with E-state index in [1.807, 2.05) is 0 Å². The maximum absolute atomic E-state index is 11.4. The van der Waals surface area contributed by atoms with Gasteiger partial charge in [0.1, 0.15) is 4.90 Å². The molecule has 0 aromatic carbocycles. The Morgan fingerprint density at radius 2 is 2.08 bits per heavy atom. The van der Waals surface area contributed by atoms with Gasteiger partial charge in [-0.1, -0.05) is 0 Å². The Hall–Kier alpha value is -0.460. The number of sulfonamides is 1. The van der Waals surface area contributed by atoms with Crippen LogP contribution < -0.4 is 4.72 Å². The van der Waals surface area contributed by atoms with Gasteiger partial charge >= 0.3 is 0 Å². The molecule has 0 aliphatic rings. The van der Waals surface area contributed by atoms with Gasteiger partial charge in [-0.2, -0.15) is 0 Å².